The lowest BCUT2D eigenvalue weighted by Gasteiger charge is -2.39. The Morgan fingerprint density at radius 3 is 2.77 bits per heavy atom. The fourth-order valence-electron chi connectivity index (χ4n) is 3.48. The van der Waals surface area contributed by atoms with Gasteiger partial charge in [0.15, 0.2) is 12.1 Å². The van der Waals surface area contributed by atoms with Gasteiger partial charge in [0.25, 0.3) is 0 Å². The molecular weight excluding hydrogens is 344 g/mol. The van der Waals surface area contributed by atoms with Gasteiger partial charge in [-0.15, -0.1) is 0 Å². The molecule has 1 unspecified atom stereocenters. The van der Waals surface area contributed by atoms with Crippen LogP contribution in [0.5, 0.6) is 0 Å². The first kappa shape index (κ1) is 18.9. The molecular formula is C14H26N8O4. The molecule has 2 fully saturated rings. The molecule has 12 nitrogen and oxygen atoms in total. The summed E-state index contributed by atoms with van der Waals surface area (Å²) >= 11 is 0. The lowest BCUT2D eigenvalue weighted by Crippen LogP contribution is -2.69. The van der Waals surface area contributed by atoms with E-state index in [0.717, 1.165) is 0 Å². The van der Waals surface area contributed by atoms with Gasteiger partial charge in [0.1, 0.15) is 24.7 Å². The van der Waals surface area contributed by atoms with Crippen molar-refractivity contribution in [3.05, 3.63) is 0 Å². The van der Waals surface area contributed by atoms with Crippen LogP contribution in [0.25, 0.3) is 0 Å². The largest absolute Gasteiger partial charge is 0.388 e. The number of amidine groups is 2. The third kappa shape index (κ3) is 2.66. The minimum Gasteiger partial charge on any atom is -0.388 e. The first-order valence-corrected chi connectivity index (χ1v) is 8.32. The number of guanidine groups is 1. The average Bonchev–Trinajstić information content (AvgIpc) is 3.10. The van der Waals surface area contributed by atoms with Crippen molar-refractivity contribution in [2.75, 3.05) is 33.9 Å². The maximum absolute atomic E-state index is 10.5. The summed E-state index contributed by atoms with van der Waals surface area (Å²) in [6.45, 7) is 2.52. The van der Waals surface area contributed by atoms with E-state index in [1.807, 2.05) is 11.9 Å². The molecule has 5 atom stereocenters. The number of aliphatic hydroxyl groups is 2. The van der Waals surface area contributed by atoms with E-state index in [1.165, 1.54) is 0 Å². The van der Waals surface area contributed by atoms with Gasteiger partial charge in [-0.05, 0) is 14.0 Å². The molecule has 26 heavy (non-hydrogen) atoms. The van der Waals surface area contributed by atoms with Crippen LogP contribution in [0, 0.1) is 0 Å². The number of nitrogens with zero attached hydrogens (tertiary/aromatic N) is 5. The highest BCUT2D eigenvalue weighted by molar-refractivity contribution is 6.24. The van der Waals surface area contributed by atoms with Gasteiger partial charge in [-0.3, -0.25) is 14.8 Å². The molecule has 0 aromatic carbocycles. The van der Waals surface area contributed by atoms with E-state index in [9.17, 15) is 10.2 Å². The summed E-state index contributed by atoms with van der Waals surface area (Å²) in [5, 5.41) is 23.8. The fourth-order valence-corrected chi connectivity index (χ4v) is 3.48. The van der Waals surface area contributed by atoms with E-state index in [1.54, 1.807) is 18.9 Å². The van der Waals surface area contributed by atoms with Gasteiger partial charge in [-0.2, -0.15) is 0 Å². The number of fused-ring (bicyclic) bond motifs is 1. The van der Waals surface area contributed by atoms with Gasteiger partial charge >= 0.3 is 0 Å². The van der Waals surface area contributed by atoms with Crippen molar-refractivity contribution in [2.24, 2.45) is 26.6 Å². The van der Waals surface area contributed by atoms with E-state index >= 15 is 0 Å². The van der Waals surface area contributed by atoms with E-state index in [4.69, 9.17) is 16.4 Å². The molecule has 0 radical (unpaired) electrons. The van der Waals surface area contributed by atoms with Crippen LogP contribution >= 0.6 is 0 Å². The molecule has 7 N–H and O–H groups in total. The minimum atomic E-state index is -1.14. The SMILES string of the molecule is CN=C1NC2(N(C)CCON)C(N)=NCN=C2N1[C@@H]1O[C@H](C)[C@@H](O)[C@H]1O. The van der Waals surface area contributed by atoms with Crippen LogP contribution in [-0.4, -0.2) is 102 Å². The van der Waals surface area contributed by atoms with Crippen LogP contribution < -0.4 is 16.9 Å². The second kappa shape index (κ2) is 7.06. The number of aliphatic hydroxyl groups excluding tert-OH is 2. The molecule has 0 aromatic rings. The number of aliphatic imine (C=N–C) groups is 3. The molecule has 12 heteroatoms. The number of ether oxygens (including phenoxy) is 1. The first-order valence-electron chi connectivity index (χ1n) is 8.32. The summed E-state index contributed by atoms with van der Waals surface area (Å²) in [5.74, 6) is 6.33. The molecule has 0 aromatic heterocycles. The summed E-state index contributed by atoms with van der Waals surface area (Å²) < 4.78 is 5.77. The molecule has 0 amide bonds. The van der Waals surface area contributed by atoms with Crippen molar-refractivity contribution in [1.29, 1.82) is 0 Å². The summed E-state index contributed by atoms with van der Waals surface area (Å²) in [4.78, 5) is 21.1. The Labute approximate surface area is 151 Å². The summed E-state index contributed by atoms with van der Waals surface area (Å²) in [7, 11) is 3.41. The predicted molar refractivity (Wildman–Crippen MR) is 94.1 cm³/mol. The predicted octanol–water partition coefficient (Wildman–Crippen LogP) is -3.41. The molecule has 0 aliphatic carbocycles. The zero-order valence-corrected chi connectivity index (χ0v) is 15.0. The van der Waals surface area contributed by atoms with Gasteiger partial charge < -0.3 is 30.8 Å². The van der Waals surface area contributed by atoms with Crippen molar-refractivity contribution in [3.8, 4) is 0 Å². The van der Waals surface area contributed by atoms with E-state index in [2.05, 4.69) is 25.1 Å². The zero-order valence-electron chi connectivity index (χ0n) is 15.0. The first-order chi connectivity index (χ1) is 12.4. The Balaban J connectivity index is 2.01. The third-order valence-electron chi connectivity index (χ3n) is 4.97. The molecule has 3 aliphatic rings. The van der Waals surface area contributed by atoms with E-state index in [-0.39, 0.29) is 13.3 Å². The van der Waals surface area contributed by atoms with Crippen molar-refractivity contribution >= 4 is 17.6 Å². The smallest absolute Gasteiger partial charge is 0.211 e. The highest BCUT2D eigenvalue weighted by atomic mass is 16.6. The molecule has 0 spiro atoms. The van der Waals surface area contributed by atoms with Crippen molar-refractivity contribution in [3.63, 3.8) is 0 Å². The van der Waals surface area contributed by atoms with Crippen LogP contribution in [-0.2, 0) is 9.57 Å². The second-order valence-electron chi connectivity index (χ2n) is 6.42. The summed E-state index contributed by atoms with van der Waals surface area (Å²) in [6.07, 6.45) is -3.56. The molecule has 3 rings (SSSR count). The second-order valence-corrected chi connectivity index (χ2v) is 6.42. The van der Waals surface area contributed by atoms with Crippen molar-refractivity contribution in [1.82, 2.24) is 15.1 Å². The third-order valence-corrected chi connectivity index (χ3v) is 4.97. The number of rotatable bonds is 5. The summed E-state index contributed by atoms with van der Waals surface area (Å²) in [6, 6.07) is 0. The average molecular weight is 370 g/mol. The Bertz CT molecular complexity index is 640. The number of nitrogens with one attached hydrogen (secondary N) is 1. The molecule has 2 saturated heterocycles. The van der Waals surface area contributed by atoms with Gasteiger partial charge in [0.2, 0.25) is 11.6 Å². The number of hydrogen-bond acceptors (Lipinski definition) is 10. The lowest BCUT2D eigenvalue weighted by atomic mass is 10.0. The molecule has 0 bridgehead atoms. The number of likely N-dealkylation sites (N-methyl/N-ethyl adjacent to an activating group) is 1. The Morgan fingerprint density at radius 1 is 1.46 bits per heavy atom. The maximum Gasteiger partial charge on any atom is 0.211 e. The standard InChI is InChI=1S/C14H26N8O4/c1-7-8(23)9(24)10(26-7)22-12-14(20-13(22)17-2,11(15)18-6-19-12)21(3)4-5-25-16/h7-10,23-24H,4-6,16H2,1-3H3,(H2,15,18)(H,17,20)/t7-,8-,9-,10-,14?/m1/s1. The van der Waals surface area contributed by atoms with Crippen LogP contribution in [0.4, 0.5) is 0 Å². The number of nitrogens with two attached hydrogens (primary N) is 2. The highest BCUT2D eigenvalue weighted by Gasteiger charge is 2.59. The topological polar surface area (TPSA) is 167 Å². The molecule has 3 heterocycles. The van der Waals surface area contributed by atoms with Crippen LogP contribution in [0.1, 0.15) is 6.92 Å². The Hall–Kier alpha value is -1.83. The van der Waals surface area contributed by atoms with Gasteiger partial charge in [-0.1, -0.05) is 0 Å². The molecule has 0 saturated carbocycles. The van der Waals surface area contributed by atoms with Crippen molar-refractivity contribution < 1.29 is 19.8 Å². The summed E-state index contributed by atoms with van der Waals surface area (Å²) in [5.41, 5.74) is 5.18. The Kier molecular flexibility index (Phi) is 5.14. The van der Waals surface area contributed by atoms with Crippen LogP contribution in [0.3, 0.4) is 0 Å². The normalized spacial score (nSPS) is 38.4. The number of hydrogen-bond donors (Lipinski definition) is 5. The van der Waals surface area contributed by atoms with Gasteiger partial charge in [0, 0.05) is 13.6 Å². The maximum atomic E-state index is 10.5. The fraction of sp³-hybridized carbons (Fsp3) is 0.786. The van der Waals surface area contributed by atoms with Gasteiger partial charge in [-0.25, -0.2) is 15.9 Å². The monoisotopic (exact) mass is 370 g/mol. The van der Waals surface area contributed by atoms with Crippen molar-refractivity contribution in [2.45, 2.75) is 37.1 Å². The highest BCUT2D eigenvalue weighted by Crippen LogP contribution is 2.32. The minimum absolute atomic E-state index is 0.139. The Morgan fingerprint density at radius 2 is 2.19 bits per heavy atom. The quantitative estimate of drug-likeness (QED) is 0.310. The van der Waals surface area contributed by atoms with E-state index in [0.29, 0.717) is 24.2 Å². The molecule has 146 valence electrons. The zero-order chi connectivity index (χ0) is 19.1. The van der Waals surface area contributed by atoms with Crippen LogP contribution in [0.2, 0.25) is 0 Å². The lowest BCUT2D eigenvalue weighted by molar-refractivity contribution is -0.0331. The van der Waals surface area contributed by atoms with Crippen LogP contribution in [0.15, 0.2) is 15.0 Å². The molecule has 3 aliphatic heterocycles. The van der Waals surface area contributed by atoms with E-state index < -0.39 is 30.2 Å². The van der Waals surface area contributed by atoms with Gasteiger partial charge in [0.05, 0.1) is 12.7 Å².